The highest BCUT2D eigenvalue weighted by Gasteiger charge is 2.18. The normalized spacial score (nSPS) is 12.2. The van der Waals surface area contributed by atoms with Gasteiger partial charge in [0.2, 0.25) is 0 Å². The molecule has 1 rings (SSSR count). The lowest BCUT2D eigenvalue weighted by atomic mass is 10.0. The zero-order chi connectivity index (χ0) is 10.6. The molecule has 0 bridgehead atoms. The van der Waals surface area contributed by atoms with Crippen molar-refractivity contribution >= 4 is 5.78 Å². The first-order valence-electron chi connectivity index (χ1n) is 4.44. The minimum atomic E-state index is -0.223. The van der Waals surface area contributed by atoms with Crippen LogP contribution in [-0.4, -0.2) is 24.4 Å². The smallest absolute Gasteiger partial charge is 0.189 e. The number of ketones is 1. The second-order valence-corrected chi connectivity index (χ2v) is 3.06. The molecule has 1 atom stereocenters. The average molecular weight is 194 g/mol. The molecule has 1 aromatic rings. The van der Waals surface area contributed by atoms with Gasteiger partial charge in [0.05, 0.1) is 7.11 Å². The largest absolute Gasteiger partial charge is 0.494 e. The van der Waals surface area contributed by atoms with Crippen molar-refractivity contribution in [1.29, 1.82) is 0 Å². The minimum absolute atomic E-state index is 0.0787. The zero-order valence-electron chi connectivity index (χ0n) is 8.36. The van der Waals surface area contributed by atoms with Gasteiger partial charge in [-0.15, -0.1) is 0 Å². The molecule has 0 radical (unpaired) electrons. The number of nitrogens with zero attached hydrogens (tertiary/aromatic N) is 1. The lowest BCUT2D eigenvalue weighted by Crippen LogP contribution is -2.22. The van der Waals surface area contributed by atoms with Gasteiger partial charge >= 0.3 is 0 Å². The molecule has 4 heteroatoms. The summed E-state index contributed by atoms with van der Waals surface area (Å²) in [5.74, 6) is 0.196. The summed E-state index contributed by atoms with van der Waals surface area (Å²) in [6, 6.07) is 3.44. The van der Waals surface area contributed by atoms with Gasteiger partial charge in [0, 0.05) is 18.7 Å². The van der Waals surface area contributed by atoms with Crippen molar-refractivity contribution in [2.24, 2.45) is 11.7 Å². The molecule has 14 heavy (non-hydrogen) atoms. The van der Waals surface area contributed by atoms with Crippen LogP contribution in [0.2, 0.25) is 0 Å². The summed E-state index contributed by atoms with van der Waals surface area (Å²) in [7, 11) is 1.51. The molecule has 1 heterocycles. The molecule has 0 aromatic carbocycles. The molecule has 1 unspecified atom stereocenters. The third kappa shape index (κ3) is 2.09. The third-order valence-electron chi connectivity index (χ3n) is 2.03. The van der Waals surface area contributed by atoms with E-state index in [0.717, 1.165) is 0 Å². The van der Waals surface area contributed by atoms with Gasteiger partial charge in [-0.3, -0.25) is 4.79 Å². The molecular formula is C10H14N2O2. The van der Waals surface area contributed by atoms with Gasteiger partial charge in [0.25, 0.3) is 0 Å². The fourth-order valence-corrected chi connectivity index (χ4v) is 1.08. The maximum Gasteiger partial charge on any atom is 0.189 e. The molecule has 0 aliphatic carbocycles. The van der Waals surface area contributed by atoms with E-state index >= 15 is 0 Å². The number of hydrogen-bond donors (Lipinski definition) is 1. The van der Waals surface area contributed by atoms with Crippen LogP contribution >= 0.6 is 0 Å². The number of ether oxygens (including phenoxy) is 1. The Morgan fingerprint density at radius 1 is 1.71 bits per heavy atom. The van der Waals surface area contributed by atoms with Crippen molar-refractivity contribution in [1.82, 2.24) is 4.98 Å². The summed E-state index contributed by atoms with van der Waals surface area (Å²) in [5.41, 5.74) is 5.77. The number of rotatable bonds is 4. The Morgan fingerprint density at radius 2 is 2.43 bits per heavy atom. The molecule has 0 saturated heterocycles. The van der Waals surface area contributed by atoms with Crippen LogP contribution in [-0.2, 0) is 0 Å². The van der Waals surface area contributed by atoms with Crippen molar-refractivity contribution < 1.29 is 9.53 Å². The van der Waals surface area contributed by atoms with Gasteiger partial charge in [0.1, 0.15) is 11.4 Å². The molecule has 2 N–H and O–H groups in total. The molecule has 1 aromatic heterocycles. The van der Waals surface area contributed by atoms with Gasteiger partial charge < -0.3 is 10.5 Å². The van der Waals surface area contributed by atoms with E-state index in [1.54, 1.807) is 25.3 Å². The van der Waals surface area contributed by atoms with E-state index in [4.69, 9.17) is 10.5 Å². The predicted octanol–water partition coefficient (Wildman–Crippen LogP) is 0.868. The van der Waals surface area contributed by atoms with E-state index in [1.165, 1.54) is 7.11 Å². The van der Waals surface area contributed by atoms with Gasteiger partial charge in [-0.05, 0) is 12.1 Å². The Kier molecular flexibility index (Phi) is 3.59. The quantitative estimate of drug-likeness (QED) is 0.722. The summed E-state index contributed by atoms with van der Waals surface area (Å²) >= 11 is 0. The Bertz CT molecular complexity index is 326. The van der Waals surface area contributed by atoms with Gasteiger partial charge in [-0.1, -0.05) is 6.92 Å². The Hall–Kier alpha value is -1.42. The van der Waals surface area contributed by atoms with Crippen LogP contribution in [0.25, 0.3) is 0 Å². The molecule has 0 aliphatic heterocycles. The highest BCUT2D eigenvalue weighted by molar-refractivity contribution is 5.98. The maximum atomic E-state index is 11.7. The first-order valence-corrected chi connectivity index (χ1v) is 4.44. The van der Waals surface area contributed by atoms with Crippen LogP contribution in [0.5, 0.6) is 5.75 Å². The summed E-state index contributed by atoms with van der Waals surface area (Å²) in [6.45, 7) is 2.09. The van der Waals surface area contributed by atoms with E-state index < -0.39 is 0 Å². The van der Waals surface area contributed by atoms with E-state index in [2.05, 4.69) is 4.98 Å². The molecule has 76 valence electrons. The summed E-state index contributed by atoms with van der Waals surface area (Å²) in [5, 5.41) is 0. The molecule has 0 spiro atoms. The molecule has 0 saturated carbocycles. The SMILES string of the molecule is COc1cccnc1C(=O)C(C)CN. The summed E-state index contributed by atoms with van der Waals surface area (Å²) < 4.78 is 5.04. The van der Waals surface area contributed by atoms with Crippen LogP contribution in [0.4, 0.5) is 0 Å². The monoisotopic (exact) mass is 194 g/mol. The van der Waals surface area contributed by atoms with Gasteiger partial charge in [0.15, 0.2) is 5.78 Å². The lowest BCUT2D eigenvalue weighted by Gasteiger charge is -2.09. The Balaban J connectivity index is 3.00. The summed E-state index contributed by atoms with van der Waals surface area (Å²) in [6.07, 6.45) is 1.57. The van der Waals surface area contributed by atoms with Crippen LogP contribution in [0.3, 0.4) is 0 Å². The van der Waals surface area contributed by atoms with E-state index in [1.807, 2.05) is 0 Å². The van der Waals surface area contributed by atoms with Crippen molar-refractivity contribution in [3.8, 4) is 5.75 Å². The minimum Gasteiger partial charge on any atom is -0.494 e. The third-order valence-corrected chi connectivity index (χ3v) is 2.03. The standard InChI is InChI=1S/C10H14N2O2/c1-7(6-11)10(13)9-8(14-2)4-3-5-12-9/h3-5,7H,6,11H2,1-2H3. The number of nitrogens with two attached hydrogens (primary N) is 1. The average Bonchev–Trinajstić information content (AvgIpc) is 2.26. The second kappa shape index (κ2) is 4.72. The highest BCUT2D eigenvalue weighted by atomic mass is 16.5. The number of pyridine rings is 1. The van der Waals surface area contributed by atoms with E-state index in [-0.39, 0.29) is 11.7 Å². The van der Waals surface area contributed by atoms with Crippen LogP contribution in [0.1, 0.15) is 17.4 Å². The number of methoxy groups -OCH3 is 1. The van der Waals surface area contributed by atoms with E-state index in [0.29, 0.717) is 18.0 Å². The molecule has 0 fully saturated rings. The molecule has 4 nitrogen and oxygen atoms in total. The van der Waals surface area contributed by atoms with Crippen LogP contribution < -0.4 is 10.5 Å². The topological polar surface area (TPSA) is 65.2 Å². The number of hydrogen-bond acceptors (Lipinski definition) is 4. The number of carbonyl (C=O) groups excluding carboxylic acids is 1. The zero-order valence-corrected chi connectivity index (χ0v) is 8.36. The van der Waals surface area contributed by atoms with Gasteiger partial charge in [-0.25, -0.2) is 4.98 Å². The van der Waals surface area contributed by atoms with Crippen molar-refractivity contribution in [3.63, 3.8) is 0 Å². The molecular weight excluding hydrogens is 180 g/mol. The fourth-order valence-electron chi connectivity index (χ4n) is 1.08. The first kappa shape index (κ1) is 10.7. The number of Topliss-reactive ketones (excluding diaryl/α,β-unsaturated/α-hetero) is 1. The van der Waals surface area contributed by atoms with Crippen LogP contribution in [0, 0.1) is 5.92 Å². The Labute approximate surface area is 83.1 Å². The fraction of sp³-hybridized carbons (Fsp3) is 0.400. The van der Waals surface area contributed by atoms with Crippen molar-refractivity contribution in [3.05, 3.63) is 24.0 Å². The molecule has 0 amide bonds. The van der Waals surface area contributed by atoms with E-state index in [9.17, 15) is 4.79 Å². The highest BCUT2D eigenvalue weighted by Crippen LogP contribution is 2.17. The van der Waals surface area contributed by atoms with Gasteiger partial charge in [-0.2, -0.15) is 0 Å². The predicted molar refractivity (Wildman–Crippen MR) is 53.3 cm³/mol. The lowest BCUT2D eigenvalue weighted by molar-refractivity contribution is 0.0926. The maximum absolute atomic E-state index is 11.7. The Morgan fingerprint density at radius 3 is 3.00 bits per heavy atom. The number of aromatic nitrogens is 1. The second-order valence-electron chi connectivity index (χ2n) is 3.06. The molecule has 0 aliphatic rings. The van der Waals surface area contributed by atoms with Crippen molar-refractivity contribution in [2.45, 2.75) is 6.92 Å². The van der Waals surface area contributed by atoms with Crippen LogP contribution in [0.15, 0.2) is 18.3 Å². The van der Waals surface area contributed by atoms with Crippen molar-refractivity contribution in [2.75, 3.05) is 13.7 Å². The first-order chi connectivity index (χ1) is 6.70. The summed E-state index contributed by atoms with van der Waals surface area (Å²) in [4.78, 5) is 15.7. The number of carbonyl (C=O) groups is 1.